The Balaban J connectivity index is 2.08. The Labute approximate surface area is 116 Å². The molecule has 1 aliphatic rings. The summed E-state index contributed by atoms with van der Waals surface area (Å²) in [6.07, 6.45) is 3.50. The van der Waals surface area contributed by atoms with Crippen molar-refractivity contribution in [2.75, 3.05) is 7.05 Å². The van der Waals surface area contributed by atoms with Gasteiger partial charge in [0.15, 0.2) is 0 Å². The van der Waals surface area contributed by atoms with Gasteiger partial charge in [0.2, 0.25) is 0 Å². The number of likely N-dealkylation sites (N-methyl/N-ethyl adjacent to an activating group) is 1. The van der Waals surface area contributed by atoms with Crippen molar-refractivity contribution < 1.29 is 9.13 Å². The molecule has 0 aliphatic carbocycles. The number of nitrogens with one attached hydrogen (secondary N) is 1. The molecule has 1 heterocycles. The smallest absolute Gasteiger partial charge is 0.137 e. The van der Waals surface area contributed by atoms with Crippen LogP contribution in [0.4, 0.5) is 4.39 Å². The number of benzene rings is 1. The van der Waals surface area contributed by atoms with Crippen molar-refractivity contribution in [2.24, 2.45) is 0 Å². The van der Waals surface area contributed by atoms with E-state index in [0.29, 0.717) is 10.6 Å². The summed E-state index contributed by atoms with van der Waals surface area (Å²) in [4.78, 5) is 0. The van der Waals surface area contributed by atoms with Gasteiger partial charge in [-0.1, -0.05) is 12.1 Å². The van der Waals surface area contributed by atoms with E-state index < -0.39 is 0 Å². The first kappa shape index (κ1) is 14.0. The Hall–Kier alpha value is -0.450. The molecule has 1 aromatic rings. The van der Waals surface area contributed by atoms with Gasteiger partial charge in [0.05, 0.1) is 16.7 Å². The highest BCUT2D eigenvalue weighted by Gasteiger charge is 2.29. The average Bonchev–Trinajstić information content (AvgIpc) is 2.78. The van der Waals surface area contributed by atoms with Crippen molar-refractivity contribution in [3.8, 4) is 0 Å². The lowest BCUT2D eigenvalue weighted by molar-refractivity contribution is 0.0337. The molecule has 0 spiro atoms. The van der Waals surface area contributed by atoms with Crippen LogP contribution < -0.4 is 5.32 Å². The summed E-state index contributed by atoms with van der Waals surface area (Å²) in [7, 11) is 1.93. The molecule has 4 heteroatoms. The van der Waals surface area contributed by atoms with Gasteiger partial charge in [0, 0.05) is 6.04 Å². The summed E-state index contributed by atoms with van der Waals surface area (Å²) in [5.41, 5.74) is 0.984. The van der Waals surface area contributed by atoms with E-state index in [0.717, 1.165) is 24.8 Å². The fourth-order valence-electron chi connectivity index (χ4n) is 2.49. The van der Waals surface area contributed by atoms with E-state index in [1.807, 2.05) is 13.1 Å². The summed E-state index contributed by atoms with van der Waals surface area (Å²) in [6, 6.07) is 5.40. The molecule has 0 amide bonds. The lowest BCUT2D eigenvalue weighted by atomic mass is 9.99. The predicted octanol–water partition coefficient (Wildman–Crippen LogP) is 3.29. The molecule has 100 valence electrons. The van der Waals surface area contributed by atoms with Gasteiger partial charge in [0.1, 0.15) is 5.82 Å². The molecule has 2 rings (SSSR count). The highest BCUT2D eigenvalue weighted by molar-refractivity contribution is 9.10. The molecule has 1 saturated heterocycles. The second-order valence-electron chi connectivity index (χ2n) is 4.87. The van der Waals surface area contributed by atoms with Gasteiger partial charge in [0.25, 0.3) is 0 Å². The molecule has 3 atom stereocenters. The van der Waals surface area contributed by atoms with Gasteiger partial charge < -0.3 is 10.1 Å². The third kappa shape index (κ3) is 3.11. The van der Waals surface area contributed by atoms with Crippen molar-refractivity contribution in [2.45, 2.75) is 44.4 Å². The van der Waals surface area contributed by atoms with E-state index in [1.165, 1.54) is 6.07 Å². The maximum absolute atomic E-state index is 13.5. The molecule has 1 aliphatic heterocycles. The third-order valence-electron chi connectivity index (χ3n) is 3.56. The van der Waals surface area contributed by atoms with Crippen molar-refractivity contribution >= 4 is 15.9 Å². The van der Waals surface area contributed by atoms with Crippen molar-refractivity contribution in [3.63, 3.8) is 0 Å². The van der Waals surface area contributed by atoms with Crippen LogP contribution in [0.15, 0.2) is 22.7 Å². The number of hydrogen-bond donors (Lipinski definition) is 1. The quantitative estimate of drug-likeness (QED) is 0.920. The van der Waals surface area contributed by atoms with Gasteiger partial charge in [-0.25, -0.2) is 4.39 Å². The van der Waals surface area contributed by atoms with E-state index in [-0.39, 0.29) is 18.0 Å². The van der Waals surface area contributed by atoms with E-state index in [9.17, 15) is 4.39 Å². The van der Waals surface area contributed by atoms with Crippen molar-refractivity contribution in [3.05, 3.63) is 34.1 Å². The summed E-state index contributed by atoms with van der Waals surface area (Å²) >= 11 is 3.31. The maximum Gasteiger partial charge on any atom is 0.137 e. The van der Waals surface area contributed by atoms with Gasteiger partial charge in [-0.05, 0) is 60.8 Å². The minimum atomic E-state index is -0.205. The number of ether oxygens (including phenoxy) is 1. The second-order valence-corrected chi connectivity index (χ2v) is 5.67. The molecule has 1 aromatic carbocycles. The Morgan fingerprint density at radius 3 is 2.89 bits per heavy atom. The van der Waals surface area contributed by atoms with Gasteiger partial charge in [-0.2, -0.15) is 0 Å². The molecular weight excluding hydrogens is 297 g/mol. The van der Waals surface area contributed by atoms with E-state index >= 15 is 0 Å². The molecule has 0 saturated carbocycles. The third-order valence-corrected chi connectivity index (χ3v) is 4.44. The van der Waals surface area contributed by atoms with Crippen LogP contribution in [-0.2, 0) is 11.2 Å². The normalized spacial score (nSPS) is 25.3. The van der Waals surface area contributed by atoms with Crippen LogP contribution in [0.1, 0.15) is 25.3 Å². The summed E-state index contributed by atoms with van der Waals surface area (Å²) in [6.45, 7) is 2.10. The minimum absolute atomic E-state index is 0.205. The molecule has 2 nitrogen and oxygen atoms in total. The van der Waals surface area contributed by atoms with Crippen LogP contribution in [0.3, 0.4) is 0 Å². The predicted molar refractivity (Wildman–Crippen MR) is 74.2 cm³/mol. The first-order valence-corrected chi connectivity index (χ1v) is 7.16. The van der Waals surface area contributed by atoms with E-state index in [4.69, 9.17) is 4.74 Å². The fourth-order valence-corrected chi connectivity index (χ4v) is 2.92. The number of rotatable bonds is 4. The lowest BCUT2D eigenvalue weighted by Crippen LogP contribution is -2.39. The zero-order valence-corrected chi connectivity index (χ0v) is 12.3. The molecule has 1 fully saturated rings. The highest BCUT2D eigenvalue weighted by Crippen LogP contribution is 2.26. The van der Waals surface area contributed by atoms with Crippen LogP contribution in [0, 0.1) is 5.82 Å². The summed E-state index contributed by atoms with van der Waals surface area (Å²) in [5, 5.41) is 3.29. The molecule has 0 aromatic heterocycles. The van der Waals surface area contributed by atoms with Crippen LogP contribution >= 0.6 is 15.9 Å². The minimum Gasteiger partial charge on any atom is -0.374 e. The Bertz CT molecular complexity index is 413. The van der Waals surface area contributed by atoms with Crippen LogP contribution in [0.2, 0.25) is 0 Å². The topological polar surface area (TPSA) is 21.3 Å². The molecule has 18 heavy (non-hydrogen) atoms. The van der Waals surface area contributed by atoms with Crippen LogP contribution in [0.5, 0.6) is 0 Å². The monoisotopic (exact) mass is 315 g/mol. The first-order chi connectivity index (χ1) is 8.61. The molecule has 1 N–H and O–H groups in total. The Morgan fingerprint density at radius 1 is 1.50 bits per heavy atom. The van der Waals surface area contributed by atoms with Crippen LogP contribution in [-0.4, -0.2) is 25.3 Å². The lowest BCUT2D eigenvalue weighted by Gasteiger charge is -2.23. The number of halogens is 2. The zero-order valence-electron chi connectivity index (χ0n) is 10.7. The molecule has 0 bridgehead atoms. The summed E-state index contributed by atoms with van der Waals surface area (Å²) < 4.78 is 19.9. The number of hydrogen-bond acceptors (Lipinski definition) is 2. The largest absolute Gasteiger partial charge is 0.374 e. The molecule has 0 radical (unpaired) electrons. The second kappa shape index (κ2) is 6.13. The molecular formula is C14H19BrFNO. The van der Waals surface area contributed by atoms with E-state index in [1.54, 1.807) is 6.07 Å². The SMILES string of the molecule is CNC(Cc1cccc(F)c1Br)C1CCC(C)O1. The molecule has 3 unspecified atom stereocenters. The van der Waals surface area contributed by atoms with Gasteiger partial charge in [-0.15, -0.1) is 0 Å². The van der Waals surface area contributed by atoms with Crippen molar-refractivity contribution in [1.29, 1.82) is 0 Å². The van der Waals surface area contributed by atoms with Gasteiger partial charge in [-0.3, -0.25) is 0 Å². The standard InChI is InChI=1S/C14H19BrFNO/c1-9-6-7-13(18-9)12(17-2)8-10-4-3-5-11(16)14(10)15/h3-5,9,12-13,17H,6-8H2,1-2H3. The maximum atomic E-state index is 13.5. The summed E-state index contributed by atoms with van der Waals surface area (Å²) in [5.74, 6) is -0.205. The van der Waals surface area contributed by atoms with Gasteiger partial charge >= 0.3 is 0 Å². The zero-order chi connectivity index (χ0) is 13.1. The first-order valence-electron chi connectivity index (χ1n) is 6.37. The van der Waals surface area contributed by atoms with E-state index in [2.05, 4.69) is 28.2 Å². The van der Waals surface area contributed by atoms with Crippen molar-refractivity contribution in [1.82, 2.24) is 5.32 Å². The van der Waals surface area contributed by atoms with Crippen LogP contribution in [0.25, 0.3) is 0 Å². The highest BCUT2D eigenvalue weighted by atomic mass is 79.9. The Kier molecular flexibility index (Phi) is 4.76. The average molecular weight is 316 g/mol. The fraction of sp³-hybridized carbons (Fsp3) is 0.571. The Morgan fingerprint density at radius 2 is 2.28 bits per heavy atom.